The van der Waals surface area contributed by atoms with E-state index in [2.05, 4.69) is 30.3 Å². The average Bonchev–Trinajstić information content (AvgIpc) is 2.26. The molecule has 0 radical (unpaired) electrons. The molecule has 0 unspecified atom stereocenters. The molecule has 1 rings (SSSR count). The molecule has 0 atom stereocenters. The van der Waals surface area contributed by atoms with E-state index in [4.69, 9.17) is 0 Å². The van der Waals surface area contributed by atoms with Crippen molar-refractivity contribution in [1.29, 1.82) is 0 Å². The molecule has 0 aliphatic heterocycles. The molecule has 0 spiro atoms. The van der Waals surface area contributed by atoms with Crippen LogP contribution in [0, 0.1) is 0 Å². The van der Waals surface area contributed by atoms with Gasteiger partial charge in [0.1, 0.15) is 0 Å². The molecule has 0 amide bonds. The number of halogens is 3. The lowest BCUT2D eigenvalue weighted by Crippen LogP contribution is -2.21. The summed E-state index contributed by atoms with van der Waals surface area (Å²) in [5.74, 6) is 0.334. The minimum absolute atomic E-state index is 0.167. The second kappa shape index (κ2) is 6.22. The van der Waals surface area contributed by atoms with Gasteiger partial charge in [0, 0.05) is 13.1 Å². The Morgan fingerprint density at radius 3 is 1.89 bits per heavy atom. The molecule has 0 fully saturated rings. The Balaban J connectivity index is 2.81. The van der Waals surface area contributed by atoms with Gasteiger partial charge in [0.15, 0.2) is 6.61 Å². The van der Waals surface area contributed by atoms with Gasteiger partial charge in [0.2, 0.25) is 11.9 Å². The monoisotopic (exact) mass is 265 g/mol. The van der Waals surface area contributed by atoms with Crippen LogP contribution in [0.5, 0.6) is 6.01 Å². The first-order valence-electron chi connectivity index (χ1n) is 5.38. The molecule has 1 aromatic rings. The van der Waals surface area contributed by atoms with E-state index in [0.29, 0.717) is 13.1 Å². The maximum Gasteiger partial charge on any atom is 0.422 e. The molecule has 2 N–H and O–H groups in total. The third-order valence-electron chi connectivity index (χ3n) is 1.65. The van der Waals surface area contributed by atoms with Crippen molar-refractivity contribution in [2.75, 3.05) is 30.3 Å². The predicted octanol–water partition coefficient (Wildman–Crippen LogP) is 1.68. The van der Waals surface area contributed by atoms with Crippen LogP contribution in [0.15, 0.2) is 0 Å². The maximum atomic E-state index is 12.0. The summed E-state index contributed by atoms with van der Waals surface area (Å²) in [5.41, 5.74) is 0. The SMILES string of the molecule is CCNc1nc(NCC)nc(OCC(F)(F)F)n1. The third-order valence-corrected chi connectivity index (χ3v) is 1.65. The molecule has 9 heteroatoms. The normalized spacial score (nSPS) is 11.2. The highest BCUT2D eigenvalue weighted by Gasteiger charge is 2.29. The average molecular weight is 265 g/mol. The predicted molar refractivity (Wildman–Crippen MR) is 59.7 cm³/mol. The maximum absolute atomic E-state index is 12.0. The molecule has 18 heavy (non-hydrogen) atoms. The number of alkyl halides is 3. The van der Waals surface area contributed by atoms with Crippen LogP contribution in [0.2, 0.25) is 0 Å². The summed E-state index contributed by atoms with van der Waals surface area (Å²) in [6.07, 6.45) is -4.43. The van der Waals surface area contributed by atoms with Crippen LogP contribution in [-0.4, -0.2) is 40.8 Å². The van der Waals surface area contributed by atoms with Crippen molar-refractivity contribution in [2.24, 2.45) is 0 Å². The van der Waals surface area contributed by atoms with E-state index < -0.39 is 12.8 Å². The van der Waals surface area contributed by atoms with E-state index in [-0.39, 0.29) is 17.9 Å². The van der Waals surface area contributed by atoms with Crippen LogP contribution in [-0.2, 0) is 0 Å². The first kappa shape index (κ1) is 14.3. The van der Waals surface area contributed by atoms with Crippen molar-refractivity contribution in [3.63, 3.8) is 0 Å². The zero-order valence-electron chi connectivity index (χ0n) is 10.0. The van der Waals surface area contributed by atoms with E-state index in [1.807, 2.05) is 13.8 Å². The molecular formula is C9H14F3N5O. The summed E-state index contributed by atoms with van der Waals surface area (Å²) in [6, 6.07) is -0.366. The van der Waals surface area contributed by atoms with Crippen molar-refractivity contribution < 1.29 is 17.9 Å². The fourth-order valence-corrected chi connectivity index (χ4v) is 1.04. The Morgan fingerprint density at radius 2 is 1.50 bits per heavy atom. The van der Waals surface area contributed by atoms with Gasteiger partial charge in [-0.1, -0.05) is 0 Å². The van der Waals surface area contributed by atoms with Crippen LogP contribution in [0.3, 0.4) is 0 Å². The second-order valence-electron chi connectivity index (χ2n) is 3.23. The Labute approximate surface area is 102 Å². The van der Waals surface area contributed by atoms with Gasteiger partial charge in [-0.15, -0.1) is 0 Å². The lowest BCUT2D eigenvalue weighted by molar-refractivity contribution is -0.154. The van der Waals surface area contributed by atoms with E-state index >= 15 is 0 Å². The van der Waals surface area contributed by atoms with Gasteiger partial charge >= 0.3 is 12.2 Å². The summed E-state index contributed by atoms with van der Waals surface area (Å²) in [7, 11) is 0. The minimum Gasteiger partial charge on any atom is -0.454 e. The number of aromatic nitrogens is 3. The molecule has 1 heterocycles. The number of hydrogen-bond donors (Lipinski definition) is 2. The van der Waals surface area contributed by atoms with Crippen LogP contribution in [0.25, 0.3) is 0 Å². The van der Waals surface area contributed by atoms with Crippen molar-refractivity contribution in [3.05, 3.63) is 0 Å². The number of ether oxygens (including phenoxy) is 1. The molecule has 0 bridgehead atoms. The number of anilines is 2. The van der Waals surface area contributed by atoms with Crippen molar-refractivity contribution >= 4 is 11.9 Å². The van der Waals surface area contributed by atoms with Gasteiger partial charge in [-0.25, -0.2) is 0 Å². The lowest BCUT2D eigenvalue weighted by Gasteiger charge is -2.10. The highest BCUT2D eigenvalue weighted by molar-refractivity contribution is 5.35. The van der Waals surface area contributed by atoms with Crippen molar-refractivity contribution in [3.8, 4) is 6.01 Å². The highest BCUT2D eigenvalue weighted by Crippen LogP contribution is 2.17. The fraction of sp³-hybridized carbons (Fsp3) is 0.667. The minimum atomic E-state index is -4.43. The smallest absolute Gasteiger partial charge is 0.422 e. The van der Waals surface area contributed by atoms with Gasteiger partial charge in [-0.05, 0) is 13.8 Å². The molecule has 1 aromatic heterocycles. The van der Waals surface area contributed by atoms with Crippen LogP contribution >= 0.6 is 0 Å². The van der Waals surface area contributed by atoms with Crippen LogP contribution < -0.4 is 15.4 Å². The van der Waals surface area contributed by atoms with E-state index in [0.717, 1.165) is 0 Å². The molecular weight excluding hydrogens is 251 g/mol. The van der Waals surface area contributed by atoms with Gasteiger partial charge in [-0.2, -0.15) is 28.1 Å². The first-order valence-corrected chi connectivity index (χ1v) is 5.38. The van der Waals surface area contributed by atoms with Gasteiger partial charge in [0.05, 0.1) is 0 Å². The molecule has 0 saturated carbocycles. The molecule has 0 aromatic carbocycles. The topological polar surface area (TPSA) is 72.0 Å². The third kappa shape index (κ3) is 5.02. The van der Waals surface area contributed by atoms with E-state index in [1.165, 1.54) is 0 Å². The van der Waals surface area contributed by atoms with Crippen LogP contribution in [0.4, 0.5) is 25.1 Å². The molecule has 6 nitrogen and oxygen atoms in total. The highest BCUT2D eigenvalue weighted by atomic mass is 19.4. The van der Waals surface area contributed by atoms with Crippen molar-refractivity contribution in [2.45, 2.75) is 20.0 Å². The molecule has 0 saturated heterocycles. The summed E-state index contributed by atoms with van der Waals surface area (Å²) < 4.78 is 40.5. The summed E-state index contributed by atoms with van der Waals surface area (Å²) in [4.78, 5) is 11.4. The Kier molecular flexibility index (Phi) is 4.93. The first-order chi connectivity index (χ1) is 8.44. The summed E-state index contributed by atoms with van der Waals surface area (Å²) in [5, 5.41) is 5.56. The zero-order chi connectivity index (χ0) is 13.6. The second-order valence-corrected chi connectivity index (χ2v) is 3.23. The summed E-state index contributed by atoms with van der Waals surface area (Å²) >= 11 is 0. The van der Waals surface area contributed by atoms with E-state index in [1.54, 1.807) is 0 Å². The number of hydrogen-bond acceptors (Lipinski definition) is 6. The van der Waals surface area contributed by atoms with Crippen molar-refractivity contribution in [1.82, 2.24) is 15.0 Å². The van der Waals surface area contributed by atoms with Gasteiger partial charge < -0.3 is 15.4 Å². The molecule has 0 aliphatic rings. The molecule has 102 valence electrons. The lowest BCUT2D eigenvalue weighted by atomic mass is 10.7. The quantitative estimate of drug-likeness (QED) is 0.815. The number of rotatable bonds is 6. The summed E-state index contributed by atoms with van der Waals surface area (Å²) in [6.45, 7) is 3.26. The number of nitrogens with zero attached hydrogens (tertiary/aromatic N) is 3. The number of nitrogens with one attached hydrogen (secondary N) is 2. The van der Waals surface area contributed by atoms with Crippen LogP contribution in [0.1, 0.15) is 13.8 Å². The Bertz CT molecular complexity index is 361. The van der Waals surface area contributed by atoms with E-state index in [9.17, 15) is 13.2 Å². The van der Waals surface area contributed by atoms with Gasteiger partial charge in [0.25, 0.3) is 0 Å². The largest absolute Gasteiger partial charge is 0.454 e. The Morgan fingerprint density at radius 1 is 1.00 bits per heavy atom. The standard InChI is InChI=1S/C9H14F3N5O/c1-3-13-6-15-7(14-4-2)17-8(16-6)18-5-9(10,11)12/h3-5H2,1-2H3,(H2,13,14,15,16,17). The van der Waals surface area contributed by atoms with Gasteiger partial charge in [-0.3, -0.25) is 0 Å². The fourth-order valence-electron chi connectivity index (χ4n) is 1.04. The zero-order valence-corrected chi connectivity index (χ0v) is 10.0. The Hall–Kier alpha value is -1.80. The molecule has 0 aliphatic carbocycles.